The maximum atomic E-state index is 12.1. The number of nitrogens with zero attached hydrogens (tertiary/aromatic N) is 1. The second-order valence-electron chi connectivity index (χ2n) is 8.23. The summed E-state index contributed by atoms with van der Waals surface area (Å²) in [5.74, 6) is 0.626. The summed E-state index contributed by atoms with van der Waals surface area (Å²) in [6, 6.07) is 6.93. The molecule has 5 nitrogen and oxygen atoms in total. The van der Waals surface area contributed by atoms with Crippen LogP contribution >= 0.6 is 0 Å². The first-order valence-corrected chi connectivity index (χ1v) is 11.4. The molecule has 2 rings (SSSR count). The Morgan fingerprint density at radius 1 is 1.19 bits per heavy atom. The Kier molecular flexibility index (Phi) is 7.09. The molecule has 0 radical (unpaired) electrons. The van der Waals surface area contributed by atoms with Crippen molar-refractivity contribution in [3.63, 3.8) is 0 Å². The second-order valence-corrected chi connectivity index (χ2v) is 10.2. The molecule has 150 valence electrons. The Morgan fingerprint density at radius 3 is 2.30 bits per heavy atom. The highest BCUT2D eigenvalue weighted by Crippen LogP contribution is 2.24. The minimum Gasteiger partial charge on any atom is -0.444 e. The Labute approximate surface area is 163 Å². The molecule has 0 unspecified atom stereocenters. The Morgan fingerprint density at radius 2 is 1.78 bits per heavy atom. The highest BCUT2D eigenvalue weighted by Gasteiger charge is 2.26. The van der Waals surface area contributed by atoms with Crippen LogP contribution in [0, 0.1) is 5.92 Å². The molecule has 0 bridgehead atoms. The van der Waals surface area contributed by atoms with E-state index in [0.29, 0.717) is 10.8 Å². The summed E-state index contributed by atoms with van der Waals surface area (Å²) in [4.78, 5) is 14.2. The zero-order valence-corrected chi connectivity index (χ0v) is 17.6. The van der Waals surface area contributed by atoms with E-state index in [-0.39, 0.29) is 6.09 Å². The molecule has 0 spiro atoms. The molecule has 1 aliphatic rings. The number of benzene rings is 1. The maximum absolute atomic E-state index is 12.1. The summed E-state index contributed by atoms with van der Waals surface area (Å²) in [7, 11) is -3.14. The van der Waals surface area contributed by atoms with Crippen molar-refractivity contribution in [1.82, 2.24) is 4.90 Å². The van der Waals surface area contributed by atoms with Gasteiger partial charge in [0.25, 0.3) is 0 Å². The summed E-state index contributed by atoms with van der Waals surface area (Å²) in [6.07, 6.45) is 9.26. The number of carbonyl (C=O) groups excluding carboxylic acids is 1. The standard InChI is InChI=1S/C21H31NO4S/c1-21(2,3)26-20(23)22-15-13-18(14-16-22)8-6-5-7-17-9-11-19(12-10-17)27(4,24)25/h5,7,9-12,18H,6,8,13-16H2,1-4H3/b7-5+. The number of amides is 1. The molecule has 1 aliphatic heterocycles. The van der Waals surface area contributed by atoms with Crippen LogP contribution in [-0.4, -0.2) is 44.4 Å². The van der Waals surface area contributed by atoms with Gasteiger partial charge in [0, 0.05) is 19.3 Å². The lowest BCUT2D eigenvalue weighted by Gasteiger charge is -2.33. The minimum absolute atomic E-state index is 0.210. The number of hydrogen-bond acceptors (Lipinski definition) is 4. The average Bonchev–Trinajstić information content (AvgIpc) is 2.57. The van der Waals surface area contributed by atoms with Gasteiger partial charge in [0.2, 0.25) is 0 Å². The lowest BCUT2D eigenvalue weighted by molar-refractivity contribution is 0.0181. The van der Waals surface area contributed by atoms with Crippen LogP contribution in [0.15, 0.2) is 35.2 Å². The lowest BCUT2D eigenvalue weighted by Crippen LogP contribution is -2.41. The summed E-state index contributed by atoms with van der Waals surface area (Å²) < 4.78 is 28.4. The van der Waals surface area contributed by atoms with E-state index in [1.165, 1.54) is 6.26 Å². The third-order valence-electron chi connectivity index (χ3n) is 4.63. The molecule has 1 aromatic rings. The van der Waals surface area contributed by atoms with Crippen LogP contribution in [0.5, 0.6) is 0 Å². The van der Waals surface area contributed by atoms with Crippen molar-refractivity contribution in [3.05, 3.63) is 35.9 Å². The summed E-state index contributed by atoms with van der Waals surface area (Å²) in [5, 5.41) is 0. The van der Waals surface area contributed by atoms with E-state index in [1.807, 2.05) is 39.0 Å². The molecule has 1 aromatic carbocycles. The number of rotatable bonds is 5. The zero-order valence-electron chi connectivity index (χ0n) is 16.8. The van der Waals surface area contributed by atoms with Crippen molar-refractivity contribution >= 4 is 22.0 Å². The molecular formula is C21H31NO4S. The van der Waals surface area contributed by atoms with Crippen molar-refractivity contribution in [3.8, 4) is 0 Å². The van der Waals surface area contributed by atoms with E-state index < -0.39 is 15.4 Å². The normalized spacial score (nSPS) is 16.7. The number of carbonyl (C=O) groups is 1. The highest BCUT2D eigenvalue weighted by molar-refractivity contribution is 7.90. The number of hydrogen-bond donors (Lipinski definition) is 0. The van der Waals surface area contributed by atoms with Gasteiger partial charge in [0.15, 0.2) is 9.84 Å². The third-order valence-corrected chi connectivity index (χ3v) is 5.75. The summed E-state index contributed by atoms with van der Waals surface area (Å²) in [6.45, 7) is 7.18. The van der Waals surface area contributed by atoms with Gasteiger partial charge in [-0.15, -0.1) is 0 Å². The fourth-order valence-corrected chi connectivity index (χ4v) is 3.74. The molecule has 0 atom stereocenters. The second kappa shape index (κ2) is 8.91. The number of likely N-dealkylation sites (tertiary alicyclic amines) is 1. The maximum Gasteiger partial charge on any atom is 0.410 e. The number of ether oxygens (including phenoxy) is 1. The molecule has 0 aromatic heterocycles. The van der Waals surface area contributed by atoms with Crippen LogP contribution in [0.1, 0.15) is 52.0 Å². The lowest BCUT2D eigenvalue weighted by atomic mass is 9.92. The predicted molar refractivity (Wildman–Crippen MR) is 108 cm³/mol. The van der Waals surface area contributed by atoms with Crippen LogP contribution in [0.2, 0.25) is 0 Å². The van der Waals surface area contributed by atoms with Gasteiger partial charge in [-0.25, -0.2) is 13.2 Å². The molecule has 0 saturated carbocycles. The van der Waals surface area contributed by atoms with E-state index in [0.717, 1.165) is 44.3 Å². The number of piperidine rings is 1. The Balaban J connectivity index is 1.72. The molecule has 1 heterocycles. The highest BCUT2D eigenvalue weighted by atomic mass is 32.2. The van der Waals surface area contributed by atoms with Crippen LogP contribution in [0.4, 0.5) is 4.79 Å². The van der Waals surface area contributed by atoms with E-state index in [9.17, 15) is 13.2 Å². The summed E-state index contributed by atoms with van der Waals surface area (Å²) >= 11 is 0. The topological polar surface area (TPSA) is 63.7 Å². The molecule has 6 heteroatoms. The van der Waals surface area contributed by atoms with Crippen LogP contribution < -0.4 is 0 Å². The summed E-state index contributed by atoms with van der Waals surface area (Å²) in [5.41, 5.74) is 0.556. The Bertz CT molecular complexity index is 752. The van der Waals surface area contributed by atoms with Crippen LogP contribution in [0.3, 0.4) is 0 Å². The van der Waals surface area contributed by atoms with Crippen molar-refractivity contribution in [2.24, 2.45) is 5.92 Å². The van der Waals surface area contributed by atoms with E-state index >= 15 is 0 Å². The molecule has 27 heavy (non-hydrogen) atoms. The van der Waals surface area contributed by atoms with E-state index in [1.54, 1.807) is 17.0 Å². The first-order chi connectivity index (χ1) is 12.5. The van der Waals surface area contributed by atoms with Crippen molar-refractivity contribution in [2.75, 3.05) is 19.3 Å². The van der Waals surface area contributed by atoms with Crippen LogP contribution in [-0.2, 0) is 14.6 Å². The van der Waals surface area contributed by atoms with Crippen molar-refractivity contribution in [2.45, 2.75) is 57.0 Å². The van der Waals surface area contributed by atoms with E-state index in [4.69, 9.17) is 4.74 Å². The minimum atomic E-state index is -3.14. The molecule has 1 saturated heterocycles. The number of sulfone groups is 1. The van der Waals surface area contributed by atoms with Gasteiger partial charge < -0.3 is 9.64 Å². The quantitative estimate of drug-likeness (QED) is 0.737. The van der Waals surface area contributed by atoms with Gasteiger partial charge in [-0.05, 0) is 70.1 Å². The largest absolute Gasteiger partial charge is 0.444 e. The first-order valence-electron chi connectivity index (χ1n) is 9.49. The van der Waals surface area contributed by atoms with Crippen LogP contribution in [0.25, 0.3) is 6.08 Å². The Hall–Kier alpha value is -1.82. The molecule has 1 amide bonds. The SMILES string of the molecule is CC(C)(C)OC(=O)N1CCC(CC/C=C/c2ccc(S(C)(=O)=O)cc2)CC1. The van der Waals surface area contributed by atoms with E-state index in [2.05, 4.69) is 6.08 Å². The zero-order chi connectivity index (χ0) is 20.1. The fraction of sp³-hybridized carbons (Fsp3) is 0.571. The van der Waals surface area contributed by atoms with Gasteiger partial charge in [-0.1, -0.05) is 24.3 Å². The predicted octanol–water partition coefficient (Wildman–Crippen LogP) is 4.53. The van der Waals surface area contributed by atoms with Gasteiger partial charge in [-0.3, -0.25) is 0 Å². The smallest absolute Gasteiger partial charge is 0.410 e. The van der Waals surface area contributed by atoms with Gasteiger partial charge >= 0.3 is 6.09 Å². The van der Waals surface area contributed by atoms with Crippen molar-refractivity contribution in [1.29, 1.82) is 0 Å². The van der Waals surface area contributed by atoms with Gasteiger partial charge in [0.05, 0.1) is 4.90 Å². The molecular weight excluding hydrogens is 362 g/mol. The third kappa shape index (κ3) is 7.37. The molecule has 0 aliphatic carbocycles. The molecule has 1 fully saturated rings. The first kappa shape index (κ1) is 21.5. The van der Waals surface area contributed by atoms with Gasteiger partial charge in [-0.2, -0.15) is 0 Å². The molecule has 0 N–H and O–H groups in total. The van der Waals surface area contributed by atoms with Gasteiger partial charge in [0.1, 0.15) is 5.60 Å². The fourth-order valence-electron chi connectivity index (χ4n) is 3.11. The number of allylic oxidation sites excluding steroid dienone is 1. The van der Waals surface area contributed by atoms with Crippen molar-refractivity contribution < 1.29 is 17.9 Å². The monoisotopic (exact) mass is 393 g/mol. The average molecular weight is 394 g/mol.